The SMILES string of the molecule is CC(=O)C1=C(O)C(=O)N(CCN(C)C)C1c1ccc(O)cc1. The van der Waals surface area contributed by atoms with E-state index in [9.17, 15) is 19.8 Å². The predicted molar refractivity (Wildman–Crippen MR) is 81.5 cm³/mol. The lowest BCUT2D eigenvalue weighted by atomic mass is 9.96. The average molecular weight is 304 g/mol. The third kappa shape index (κ3) is 2.96. The number of Topliss-reactive ketones (excluding diaryl/α,β-unsaturated/α-hetero) is 1. The maximum absolute atomic E-state index is 12.3. The number of aliphatic hydroxyl groups is 1. The van der Waals surface area contributed by atoms with Crippen LogP contribution in [0.25, 0.3) is 0 Å². The molecule has 0 spiro atoms. The number of phenolic OH excluding ortho intramolecular Hbond substituents is 1. The van der Waals surface area contributed by atoms with Crippen molar-refractivity contribution in [2.24, 2.45) is 0 Å². The van der Waals surface area contributed by atoms with Gasteiger partial charge in [0.05, 0.1) is 11.6 Å². The summed E-state index contributed by atoms with van der Waals surface area (Å²) in [5.41, 5.74) is 0.786. The summed E-state index contributed by atoms with van der Waals surface area (Å²) in [5.74, 6) is -1.25. The van der Waals surface area contributed by atoms with Crippen LogP contribution < -0.4 is 0 Å². The fraction of sp³-hybridized carbons (Fsp3) is 0.375. The van der Waals surface area contributed by atoms with Crippen molar-refractivity contribution in [1.82, 2.24) is 9.80 Å². The van der Waals surface area contributed by atoms with Crippen LogP contribution in [0.5, 0.6) is 5.75 Å². The van der Waals surface area contributed by atoms with Crippen molar-refractivity contribution in [3.05, 3.63) is 41.2 Å². The molecule has 2 N–H and O–H groups in total. The Morgan fingerprint density at radius 3 is 2.32 bits per heavy atom. The van der Waals surface area contributed by atoms with E-state index in [-0.39, 0.29) is 17.1 Å². The number of amides is 1. The molecule has 0 saturated carbocycles. The molecule has 1 heterocycles. The van der Waals surface area contributed by atoms with Crippen LogP contribution in [-0.2, 0) is 9.59 Å². The smallest absolute Gasteiger partial charge is 0.290 e. The van der Waals surface area contributed by atoms with Crippen molar-refractivity contribution in [2.75, 3.05) is 27.2 Å². The summed E-state index contributed by atoms with van der Waals surface area (Å²) in [6.07, 6.45) is 0. The first-order valence-electron chi connectivity index (χ1n) is 7.01. The molecule has 0 saturated heterocycles. The molecule has 0 fully saturated rings. The van der Waals surface area contributed by atoms with Crippen molar-refractivity contribution in [3.63, 3.8) is 0 Å². The van der Waals surface area contributed by atoms with Gasteiger partial charge in [-0.2, -0.15) is 0 Å². The van der Waals surface area contributed by atoms with E-state index in [4.69, 9.17) is 0 Å². The molecule has 6 heteroatoms. The molecular weight excluding hydrogens is 284 g/mol. The van der Waals surface area contributed by atoms with Crippen molar-refractivity contribution in [1.29, 1.82) is 0 Å². The first-order chi connectivity index (χ1) is 10.3. The Bertz CT molecular complexity index is 620. The van der Waals surface area contributed by atoms with Crippen molar-refractivity contribution >= 4 is 11.7 Å². The van der Waals surface area contributed by atoms with Crippen molar-refractivity contribution in [3.8, 4) is 5.75 Å². The van der Waals surface area contributed by atoms with Gasteiger partial charge in [-0.1, -0.05) is 12.1 Å². The van der Waals surface area contributed by atoms with Gasteiger partial charge in [-0.05, 0) is 38.7 Å². The van der Waals surface area contributed by atoms with Crippen LogP contribution in [0.4, 0.5) is 0 Å². The largest absolute Gasteiger partial charge is 0.508 e. The molecule has 1 amide bonds. The lowest BCUT2D eigenvalue weighted by molar-refractivity contribution is -0.129. The van der Waals surface area contributed by atoms with E-state index >= 15 is 0 Å². The number of carbonyl (C=O) groups excluding carboxylic acids is 2. The summed E-state index contributed by atoms with van der Waals surface area (Å²) >= 11 is 0. The molecule has 0 aromatic heterocycles. The van der Waals surface area contributed by atoms with E-state index in [1.165, 1.54) is 24.0 Å². The predicted octanol–water partition coefficient (Wildman–Crippen LogP) is 1.24. The number of benzene rings is 1. The Balaban J connectivity index is 2.43. The van der Waals surface area contributed by atoms with Crippen molar-refractivity contribution in [2.45, 2.75) is 13.0 Å². The zero-order valence-corrected chi connectivity index (χ0v) is 12.9. The van der Waals surface area contributed by atoms with E-state index < -0.39 is 17.7 Å². The van der Waals surface area contributed by atoms with Gasteiger partial charge in [0, 0.05) is 13.1 Å². The first-order valence-corrected chi connectivity index (χ1v) is 7.01. The highest BCUT2D eigenvalue weighted by molar-refractivity contribution is 6.08. The average Bonchev–Trinajstić information content (AvgIpc) is 2.70. The van der Waals surface area contributed by atoms with E-state index in [1.54, 1.807) is 12.1 Å². The second kappa shape index (κ2) is 6.19. The zero-order chi connectivity index (χ0) is 16.4. The van der Waals surface area contributed by atoms with Crippen LogP contribution in [0.2, 0.25) is 0 Å². The molecule has 1 aliphatic heterocycles. The Labute approximate surface area is 129 Å². The highest BCUT2D eigenvalue weighted by Crippen LogP contribution is 2.37. The summed E-state index contributed by atoms with van der Waals surface area (Å²) in [7, 11) is 3.77. The minimum atomic E-state index is -0.620. The van der Waals surface area contributed by atoms with Gasteiger partial charge in [0.25, 0.3) is 5.91 Å². The molecule has 6 nitrogen and oxygen atoms in total. The molecule has 1 aromatic rings. The molecule has 0 aliphatic carbocycles. The molecule has 2 rings (SSSR count). The number of hydrogen-bond acceptors (Lipinski definition) is 5. The fourth-order valence-electron chi connectivity index (χ4n) is 2.55. The molecule has 118 valence electrons. The number of ketones is 1. The standard InChI is InChI=1S/C16H20N2O4/c1-10(19)13-14(11-4-6-12(20)7-5-11)18(9-8-17(2)3)16(22)15(13)21/h4-7,14,20-21H,8-9H2,1-3H3. The monoisotopic (exact) mass is 304 g/mol. The second-order valence-electron chi connectivity index (χ2n) is 5.61. The Kier molecular flexibility index (Phi) is 4.51. The fourth-order valence-corrected chi connectivity index (χ4v) is 2.55. The van der Waals surface area contributed by atoms with Crippen LogP contribution in [0, 0.1) is 0 Å². The summed E-state index contributed by atoms with van der Waals surface area (Å²) in [5, 5.41) is 19.5. The van der Waals surface area contributed by atoms with Crippen molar-refractivity contribution < 1.29 is 19.8 Å². The van der Waals surface area contributed by atoms with E-state index in [1.807, 2.05) is 19.0 Å². The second-order valence-corrected chi connectivity index (χ2v) is 5.61. The van der Waals surface area contributed by atoms with Crippen LogP contribution in [0.1, 0.15) is 18.5 Å². The maximum atomic E-state index is 12.3. The lowest BCUT2D eigenvalue weighted by Gasteiger charge is -2.27. The minimum Gasteiger partial charge on any atom is -0.508 e. The van der Waals surface area contributed by atoms with Crippen LogP contribution >= 0.6 is 0 Å². The number of phenols is 1. The minimum absolute atomic E-state index is 0.102. The normalized spacial score (nSPS) is 18.5. The molecular formula is C16H20N2O4. The number of aliphatic hydroxyl groups excluding tert-OH is 1. The number of likely N-dealkylation sites (N-methyl/N-ethyl adjacent to an activating group) is 1. The highest BCUT2D eigenvalue weighted by Gasteiger charge is 2.42. The van der Waals surface area contributed by atoms with Gasteiger partial charge in [0.2, 0.25) is 0 Å². The van der Waals surface area contributed by atoms with E-state index in [2.05, 4.69) is 0 Å². The molecule has 1 aliphatic rings. The third-order valence-corrected chi connectivity index (χ3v) is 3.68. The summed E-state index contributed by atoms with van der Waals surface area (Å²) in [4.78, 5) is 27.6. The van der Waals surface area contributed by atoms with Gasteiger partial charge in [0.1, 0.15) is 5.75 Å². The van der Waals surface area contributed by atoms with Gasteiger partial charge in [0.15, 0.2) is 11.5 Å². The van der Waals surface area contributed by atoms with Gasteiger partial charge in [-0.3, -0.25) is 9.59 Å². The third-order valence-electron chi connectivity index (χ3n) is 3.68. The highest BCUT2D eigenvalue weighted by atomic mass is 16.3. The first kappa shape index (κ1) is 16.0. The molecule has 1 atom stereocenters. The number of rotatable bonds is 5. The van der Waals surface area contributed by atoms with E-state index in [0.29, 0.717) is 18.7 Å². The van der Waals surface area contributed by atoms with Gasteiger partial charge >= 0.3 is 0 Å². The Morgan fingerprint density at radius 1 is 1.23 bits per heavy atom. The van der Waals surface area contributed by atoms with Crippen LogP contribution in [0.15, 0.2) is 35.6 Å². The van der Waals surface area contributed by atoms with Gasteiger partial charge in [-0.15, -0.1) is 0 Å². The topological polar surface area (TPSA) is 81.1 Å². The maximum Gasteiger partial charge on any atom is 0.290 e. The molecule has 22 heavy (non-hydrogen) atoms. The quantitative estimate of drug-likeness (QED) is 0.855. The summed E-state index contributed by atoms with van der Waals surface area (Å²) in [6.45, 7) is 2.33. The molecule has 0 radical (unpaired) electrons. The summed E-state index contributed by atoms with van der Waals surface area (Å²) < 4.78 is 0. The molecule has 1 aromatic carbocycles. The summed E-state index contributed by atoms with van der Waals surface area (Å²) in [6, 6.07) is 5.67. The van der Waals surface area contributed by atoms with E-state index in [0.717, 1.165) is 0 Å². The van der Waals surface area contributed by atoms with Crippen LogP contribution in [-0.4, -0.2) is 58.9 Å². The van der Waals surface area contributed by atoms with Gasteiger partial charge in [-0.25, -0.2) is 0 Å². The number of hydrogen-bond donors (Lipinski definition) is 2. The Hall–Kier alpha value is -2.34. The molecule has 0 bridgehead atoms. The Morgan fingerprint density at radius 2 is 1.82 bits per heavy atom. The van der Waals surface area contributed by atoms with Gasteiger partial charge < -0.3 is 20.0 Å². The number of carbonyl (C=O) groups is 2. The lowest BCUT2D eigenvalue weighted by Crippen LogP contribution is -2.36. The zero-order valence-electron chi connectivity index (χ0n) is 12.9. The number of nitrogens with zero attached hydrogens (tertiary/aromatic N) is 2. The van der Waals surface area contributed by atoms with Crippen LogP contribution in [0.3, 0.4) is 0 Å². The molecule has 1 unspecified atom stereocenters. The number of aromatic hydroxyl groups is 1.